The van der Waals surface area contributed by atoms with Gasteiger partial charge in [0.15, 0.2) is 5.11 Å². The Kier molecular flexibility index (Phi) is 6.24. The fourth-order valence-corrected chi connectivity index (χ4v) is 3.82. The Bertz CT molecular complexity index is 1140. The molecule has 5 nitrogen and oxygen atoms in total. The van der Waals surface area contributed by atoms with Crippen molar-refractivity contribution >= 4 is 52.5 Å². The summed E-state index contributed by atoms with van der Waals surface area (Å²) in [5, 5.41) is 14.1. The Morgan fingerprint density at radius 1 is 1.00 bits per heavy atom. The highest BCUT2D eigenvalue weighted by Crippen LogP contribution is 2.39. The van der Waals surface area contributed by atoms with E-state index in [-0.39, 0.29) is 27.3 Å². The van der Waals surface area contributed by atoms with Crippen molar-refractivity contribution in [1.29, 1.82) is 0 Å². The van der Waals surface area contributed by atoms with Crippen LogP contribution in [0.4, 0.5) is 5.69 Å². The van der Waals surface area contributed by atoms with E-state index in [1.54, 1.807) is 24.3 Å². The Morgan fingerprint density at radius 3 is 2.12 bits per heavy atom. The summed E-state index contributed by atoms with van der Waals surface area (Å²) in [6.07, 6.45) is 1.43. The van der Waals surface area contributed by atoms with Gasteiger partial charge >= 0.3 is 0 Å². The third kappa shape index (κ3) is 4.71. The number of carbonyl (C=O) groups excluding carboxylic acids is 2. The Hall–Kier alpha value is -2.70. The van der Waals surface area contributed by atoms with Gasteiger partial charge in [-0.25, -0.2) is 0 Å². The molecule has 2 aromatic carbocycles. The molecule has 2 N–H and O–H groups in total. The highest BCUT2D eigenvalue weighted by molar-refractivity contribution is 7.80. The van der Waals surface area contributed by atoms with E-state index in [0.717, 1.165) is 11.1 Å². The molecule has 0 aromatic heterocycles. The smallest absolute Gasteiger partial charge is 0.270 e. The van der Waals surface area contributed by atoms with E-state index in [2.05, 4.69) is 26.1 Å². The van der Waals surface area contributed by atoms with Crippen LogP contribution in [0.25, 0.3) is 6.08 Å². The van der Waals surface area contributed by atoms with Gasteiger partial charge < -0.3 is 5.11 Å². The maximum absolute atomic E-state index is 13.3. The number of rotatable bonds is 2. The fourth-order valence-electron chi connectivity index (χ4n) is 3.41. The first-order valence-electron chi connectivity index (χ1n) is 10.2. The molecule has 1 heterocycles. The molecule has 0 saturated carbocycles. The predicted molar refractivity (Wildman–Crippen MR) is 133 cm³/mol. The number of nitrogens with one attached hydrogen (secondary N) is 1. The van der Waals surface area contributed by atoms with Crippen molar-refractivity contribution in [2.75, 3.05) is 4.90 Å². The Morgan fingerprint density at radius 2 is 1.59 bits per heavy atom. The number of anilines is 1. The molecule has 1 aliphatic heterocycles. The van der Waals surface area contributed by atoms with Crippen LogP contribution in [0.1, 0.15) is 58.2 Å². The summed E-state index contributed by atoms with van der Waals surface area (Å²) in [6, 6.07) is 10.4. The zero-order valence-corrected chi connectivity index (χ0v) is 20.6. The standard InChI is InChI=1S/C25H27ClN2O3S/c1-24(2,3)15-11-14(20(29)19(13-15)25(4,5)6)12-18-21(30)27-23(32)28(22(18)31)17-9-7-16(26)8-10-17/h7-13,29H,1-6H3,(H,27,30,32)/b18-12-. The van der Waals surface area contributed by atoms with Gasteiger partial charge in [0, 0.05) is 16.1 Å². The number of benzene rings is 2. The third-order valence-electron chi connectivity index (χ3n) is 5.30. The molecule has 1 saturated heterocycles. The van der Waals surface area contributed by atoms with E-state index in [9.17, 15) is 14.7 Å². The van der Waals surface area contributed by atoms with Crippen molar-refractivity contribution < 1.29 is 14.7 Å². The molecular weight excluding hydrogens is 444 g/mol. The van der Waals surface area contributed by atoms with Gasteiger partial charge in [0.05, 0.1) is 5.69 Å². The normalized spacial score (nSPS) is 16.5. The summed E-state index contributed by atoms with van der Waals surface area (Å²) < 4.78 is 0. The van der Waals surface area contributed by atoms with Gasteiger partial charge in [-0.3, -0.25) is 19.8 Å². The molecule has 1 fully saturated rings. The van der Waals surface area contributed by atoms with Crippen LogP contribution >= 0.6 is 23.8 Å². The van der Waals surface area contributed by atoms with Crippen molar-refractivity contribution in [3.8, 4) is 5.75 Å². The van der Waals surface area contributed by atoms with E-state index in [1.807, 2.05) is 32.9 Å². The van der Waals surface area contributed by atoms with Crippen LogP contribution in [-0.4, -0.2) is 22.0 Å². The number of carbonyl (C=O) groups is 2. The zero-order valence-electron chi connectivity index (χ0n) is 19.0. The van der Waals surface area contributed by atoms with E-state index in [4.69, 9.17) is 23.8 Å². The molecule has 1 aliphatic rings. The van der Waals surface area contributed by atoms with Gasteiger partial charge in [0.2, 0.25) is 0 Å². The summed E-state index contributed by atoms with van der Waals surface area (Å²) >= 11 is 11.2. The molecule has 2 amide bonds. The first-order valence-corrected chi connectivity index (χ1v) is 11.0. The molecule has 32 heavy (non-hydrogen) atoms. The van der Waals surface area contributed by atoms with Gasteiger partial charge in [-0.1, -0.05) is 59.2 Å². The van der Waals surface area contributed by atoms with Gasteiger partial charge in [-0.15, -0.1) is 0 Å². The Balaban J connectivity index is 2.17. The number of phenols is 1. The lowest BCUT2D eigenvalue weighted by Gasteiger charge is -2.29. The zero-order chi connectivity index (χ0) is 24.0. The number of hydrogen-bond acceptors (Lipinski definition) is 4. The number of amides is 2. The molecule has 0 aliphatic carbocycles. The molecule has 168 valence electrons. The Labute approximate surface area is 199 Å². The average molecular weight is 471 g/mol. The number of aromatic hydroxyl groups is 1. The van der Waals surface area contributed by atoms with Gasteiger partial charge in [-0.2, -0.15) is 0 Å². The minimum Gasteiger partial charge on any atom is -0.507 e. The second-order valence-corrected chi connectivity index (χ2v) is 10.7. The molecule has 0 radical (unpaired) electrons. The quantitative estimate of drug-likeness (QED) is 0.347. The largest absolute Gasteiger partial charge is 0.507 e. The van der Waals surface area contributed by atoms with Crippen molar-refractivity contribution in [2.24, 2.45) is 0 Å². The van der Waals surface area contributed by atoms with Crippen LogP contribution < -0.4 is 10.2 Å². The predicted octanol–water partition coefficient (Wildman–Crippen LogP) is 5.47. The minimum absolute atomic E-state index is 0.0116. The summed E-state index contributed by atoms with van der Waals surface area (Å²) in [5.41, 5.74) is 1.97. The summed E-state index contributed by atoms with van der Waals surface area (Å²) in [5.74, 6) is -1.13. The van der Waals surface area contributed by atoms with Crippen molar-refractivity contribution in [3.05, 3.63) is 63.7 Å². The molecule has 0 atom stereocenters. The lowest BCUT2D eigenvalue weighted by molar-refractivity contribution is -0.122. The van der Waals surface area contributed by atoms with E-state index in [1.165, 1.54) is 11.0 Å². The summed E-state index contributed by atoms with van der Waals surface area (Å²) in [4.78, 5) is 27.3. The second-order valence-electron chi connectivity index (χ2n) is 9.90. The first kappa shape index (κ1) is 24.0. The molecule has 0 spiro atoms. The minimum atomic E-state index is -0.608. The topological polar surface area (TPSA) is 69.6 Å². The average Bonchev–Trinajstić information content (AvgIpc) is 2.65. The van der Waals surface area contributed by atoms with Crippen LogP contribution in [0.15, 0.2) is 42.0 Å². The van der Waals surface area contributed by atoms with Crippen LogP contribution in [-0.2, 0) is 20.4 Å². The molecule has 3 rings (SSSR count). The van der Waals surface area contributed by atoms with Gasteiger partial charge in [0.1, 0.15) is 11.3 Å². The van der Waals surface area contributed by atoms with Crippen molar-refractivity contribution in [2.45, 2.75) is 52.4 Å². The van der Waals surface area contributed by atoms with E-state index < -0.39 is 11.8 Å². The molecule has 0 unspecified atom stereocenters. The van der Waals surface area contributed by atoms with E-state index in [0.29, 0.717) is 16.3 Å². The number of halogens is 1. The van der Waals surface area contributed by atoms with Crippen LogP contribution in [0, 0.1) is 0 Å². The molecule has 7 heteroatoms. The maximum Gasteiger partial charge on any atom is 0.270 e. The second kappa shape index (κ2) is 8.34. The number of hydrogen-bond donors (Lipinski definition) is 2. The number of thiocarbonyl (C=S) groups is 1. The third-order valence-corrected chi connectivity index (χ3v) is 5.84. The molecule has 0 bridgehead atoms. The van der Waals surface area contributed by atoms with Crippen LogP contribution in [0.3, 0.4) is 0 Å². The highest BCUT2D eigenvalue weighted by atomic mass is 35.5. The fraction of sp³-hybridized carbons (Fsp3) is 0.320. The van der Waals surface area contributed by atoms with E-state index >= 15 is 0 Å². The van der Waals surface area contributed by atoms with Crippen LogP contribution in [0.2, 0.25) is 5.02 Å². The monoisotopic (exact) mass is 470 g/mol. The first-order chi connectivity index (χ1) is 14.7. The van der Waals surface area contributed by atoms with Crippen molar-refractivity contribution in [1.82, 2.24) is 5.32 Å². The van der Waals surface area contributed by atoms with Gasteiger partial charge in [-0.05, 0) is 65.0 Å². The maximum atomic E-state index is 13.3. The highest BCUT2D eigenvalue weighted by Gasteiger charge is 2.35. The van der Waals surface area contributed by atoms with Crippen LogP contribution in [0.5, 0.6) is 5.75 Å². The lowest BCUT2D eigenvalue weighted by atomic mass is 9.78. The molecule has 2 aromatic rings. The van der Waals surface area contributed by atoms with Crippen molar-refractivity contribution in [3.63, 3.8) is 0 Å². The number of phenolic OH excluding ortho intramolecular Hbond substituents is 1. The summed E-state index contributed by atoms with van der Waals surface area (Å²) in [7, 11) is 0. The summed E-state index contributed by atoms with van der Waals surface area (Å²) in [6.45, 7) is 12.2. The lowest BCUT2D eigenvalue weighted by Crippen LogP contribution is -2.54. The number of nitrogens with zero attached hydrogens (tertiary/aromatic N) is 1. The molecular formula is C25H27ClN2O3S. The van der Waals surface area contributed by atoms with Gasteiger partial charge in [0.25, 0.3) is 11.8 Å². The SMILES string of the molecule is CC(C)(C)c1cc(/C=C2/C(=O)NC(=S)N(c3ccc(Cl)cc3)C2=O)c(O)c(C(C)(C)C)c1.